The van der Waals surface area contributed by atoms with E-state index in [9.17, 15) is 9.59 Å². The van der Waals surface area contributed by atoms with Crippen molar-refractivity contribution in [2.75, 3.05) is 13.2 Å². The molecule has 0 aromatic heterocycles. The Morgan fingerprint density at radius 3 is 2.83 bits per heavy atom. The summed E-state index contributed by atoms with van der Waals surface area (Å²) in [6, 6.07) is 0.314. The lowest BCUT2D eigenvalue weighted by Crippen LogP contribution is -2.42. The van der Waals surface area contributed by atoms with Gasteiger partial charge in [-0.2, -0.15) is 0 Å². The number of amides is 1. The second-order valence-electron chi connectivity index (χ2n) is 8.18. The third-order valence-corrected chi connectivity index (χ3v) is 5.98. The molecule has 24 heavy (non-hydrogen) atoms. The zero-order valence-electron chi connectivity index (χ0n) is 14.6. The molecule has 2 saturated heterocycles. The van der Waals surface area contributed by atoms with E-state index in [1.807, 2.05) is 30.9 Å². The molecule has 0 radical (unpaired) electrons. The first-order valence-corrected chi connectivity index (χ1v) is 9.36. The van der Waals surface area contributed by atoms with Gasteiger partial charge in [0.25, 0.3) is 0 Å². The van der Waals surface area contributed by atoms with Crippen LogP contribution in [0.15, 0.2) is 12.2 Å². The van der Waals surface area contributed by atoms with Crippen LogP contribution in [0.5, 0.6) is 0 Å². The van der Waals surface area contributed by atoms with Crippen LogP contribution in [0, 0.1) is 17.8 Å². The summed E-state index contributed by atoms with van der Waals surface area (Å²) in [7, 11) is 0. The Kier molecular flexibility index (Phi) is 3.94. The molecule has 1 spiro atoms. The number of likely N-dealkylation sites (tertiary alicyclic amines) is 1. The average Bonchev–Trinajstić information content (AvgIpc) is 3.22. The third-order valence-electron chi connectivity index (χ3n) is 5.98. The van der Waals surface area contributed by atoms with Crippen LogP contribution in [-0.4, -0.2) is 47.7 Å². The minimum atomic E-state index is -0.597. The highest BCUT2D eigenvalue weighted by Gasteiger charge is 2.67. The van der Waals surface area contributed by atoms with Crippen molar-refractivity contribution in [3.8, 4) is 0 Å². The number of fused-ring (bicyclic) bond motifs is 1. The molecule has 2 bridgehead atoms. The monoisotopic (exact) mass is 333 g/mol. The molecule has 0 aromatic rings. The Morgan fingerprint density at radius 1 is 1.38 bits per heavy atom. The van der Waals surface area contributed by atoms with Crippen molar-refractivity contribution in [1.82, 2.24) is 4.90 Å². The Hall–Kier alpha value is -1.36. The first-order valence-electron chi connectivity index (χ1n) is 9.36. The highest BCUT2D eigenvalue weighted by atomic mass is 16.6. The summed E-state index contributed by atoms with van der Waals surface area (Å²) >= 11 is 0. The van der Waals surface area contributed by atoms with Gasteiger partial charge in [0.05, 0.1) is 25.2 Å². The lowest BCUT2D eigenvalue weighted by atomic mass is 9.77. The quantitative estimate of drug-likeness (QED) is 0.585. The highest BCUT2D eigenvalue weighted by molar-refractivity contribution is 5.91. The zero-order valence-corrected chi connectivity index (χ0v) is 14.6. The topological polar surface area (TPSA) is 55.8 Å². The van der Waals surface area contributed by atoms with Crippen molar-refractivity contribution in [3.05, 3.63) is 12.2 Å². The second-order valence-corrected chi connectivity index (χ2v) is 8.18. The van der Waals surface area contributed by atoms with Crippen LogP contribution in [0.1, 0.15) is 46.0 Å². The number of carbonyl (C=O) groups excluding carboxylic acids is 2. The van der Waals surface area contributed by atoms with Gasteiger partial charge in [-0.3, -0.25) is 9.59 Å². The molecule has 4 aliphatic rings. The number of hydrogen-bond donors (Lipinski definition) is 0. The predicted octanol–water partition coefficient (Wildman–Crippen LogP) is 2.30. The van der Waals surface area contributed by atoms with E-state index in [4.69, 9.17) is 9.47 Å². The molecule has 1 amide bonds. The Morgan fingerprint density at radius 2 is 2.12 bits per heavy atom. The first kappa shape index (κ1) is 16.1. The predicted molar refractivity (Wildman–Crippen MR) is 88.1 cm³/mol. The van der Waals surface area contributed by atoms with Crippen LogP contribution in [0.2, 0.25) is 0 Å². The second kappa shape index (κ2) is 5.87. The van der Waals surface area contributed by atoms with E-state index >= 15 is 0 Å². The Balaban J connectivity index is 1.54. The smallest absolute Gasteiger partial charge is 0.312 e. The summed E-state index contributed by atoms with van der Waals surface area (Å²) in [5.74, 6) is -0.760. The maximum absolute atomic E-state index is 13.1. The summed E-state index contributed by atoms with van der Waals surface area (Å²) in [5.41, 5.74) is -0.597. The minimum Gasteiger partial charge on any atom is -0.465 e. The number of esters is 1. The van der Waals surface area contributed by atoms with Gasteiger partial charge in [-0.25, -0.2) is 0 Å². The van der Waals surface area contributed by atoms with E-state index in [0.717, 1.165) is 12.8 Å². The molecule has 132 valence electrons. The third kappa shape index (κ3) is 2.40. The fourth-order valence-electron chi connectivity index (χ4n) is 4.84. The van der Waals surface area contributed by atoms with Crippen molar-refractivity contribution < 1.29 is 19.1 Å². The van der Waals surface area contributed by atoms with Gasteiger partial charge in [0.2, 0.25) is 5.91 Å². The van der Waals surface area contributed by atoms with Crippen molar-refractivity contribution in [2.24, 2.45) is 17.8 Å². The zero-order chi connectivity index (χ0) is 16.9. The van der Waals surface area contributed by atoms with E-state index in [2.05, 4.69) is 0 Å². The fraction of sp³-hybridized carbons (Fsp3) is 0.789. The van der Waals surface area contributed by atoms with Gasteiger partial charge in [-0.15, -0.1) is 0 Å². The maximum Gasteiger partial charge on any atom is 0.312 e. The van der Waals surface area contributed by atoms with Crippen LogP contribution in [0.25, 0.3) is 0 Å². The van der Waals surface area contributed by atoms with Gasteiger partial charge in [-0.1, -0.05) is 45.3 Å². The van der Waals surface area contributed by atoms with Gasteiger partial charge in [0, 0.05) is 6.04 Å². The molecule has 5 heteroatoms. The Bertz CT molecular complexity index is 566. The van der Waals surface area contributed by atoms with Crippen molar-refractivity contribution in [2.45, 2.75) is 63.7 Å². The molecule has 3 heterocycles. The molecular formula is C19H27NO4. The largest absolute Gasteiger partial charge is 0.465 e. The standard InChI is InChI=1S/C19H27NO4/c1-12(2)10-23-18(22)15-14-8-9-19(24-14)11-20(17(21)16(15)19)13-6-4-3-5-7-13/h8-9,12-16H,3-7,10-11H2,1-2H3/t14-,15-,16-,19+/m0/s1. The van der Waals surface area contributed by atoms with Crippen molar-refractivity contribution in [1.29, 1.82) is 0 Å². The minimum absolute atomic E-state index is 0.0975. The van der Waals surface area contributed by atoms with Gasteiger partial charge < -0.3 is 14.4 Å². The summed E-state index contributed by atoms with van der Waals surface area (Å²) in [5, 5.41) is 0. The van der Waals surface area contributed by atoms with Gasteiger partial charge in [0.15, 0.2) is 0 Å². The van der Waals surface area contributed by atoms with Gasteiger partial charge >= 0.3 is 5.97 Å². The van der Waals surface area contributed by atoms with Crippen LogP contribution in [0.4, 0.5) is 0 Å². The van der Waals surface area contributed by atoms with Crippen LogP contribution >= 0.6 is 0 Å². The van der Waals surface area contributed by atoms with E-state index in [0.29, 0.717) is 19.2 Å². The Labute approximate surface area is 143 Å². The van der Waals surface area contributed by atoms with Crippen LogP contribution in [0.3, 0.4) is 0 Å². The number of ether oxygens (including phenoxy) is 2. The lowest BCUT2D eigenvalue weighted by Gasteiger charge is -2.32. The van der Waals surface area contributed by atoms with Gasteiger partial charge in [-0.05, 0) is 18.8 Å². The summed E-state index contributed by atoms with van der Waals surface area (Å²) < 4.78 is 11.6. The molecule has 4 rings (SSSR count). The van der Waals surface area contributed by atoms with E-state index < -0.39 is 17.4 Å². The molecule has 1 saturated carbocycles. The number of hydrogen-bond acceptors (Lipinski definition) is 4. The molecule has 0 unspecified atom stereocenters. The van der Waals surface area contributed by atoms with E-state index in [1.165, 1.54) is 19.3 Å². The molecule has 3 fully saturated rings. The van der Waals surface area contributed by atoms with Gasteiger partial charge in [0.1, 0.15) is 11.5 Å². The normalized spacial score (nSPS) is 38.2. The number of rotatable bonds is 4. The molecule has 5 nitrogen and oxygen atoms in total. The SMILES string of the molecule is CC(C)COC(=O)[C@H]1[C@@H]2C=C[C@]3(CN(C4CCCCC4)C(=O)[C@H]13)O2. The maximum atomic E-state index is 13.1. The molecule has 1 aliphatic carbocycles. The molecule has 4 atom stereocenters. The van der Waals surface area contributed by atoms with Crippen LogP contribution in [-0.2, 0) is 19.1 Å². The molecule has 0 N–H and O–H groups in total. The number of nitrogens with zero attached hydrogens (tertiary/aromatic N) is 1. The molecular weight excluding hydrogens is 306 g/mol. The van der Waals surface area contributed by atoms with E-state index in [-0.39, 0.29) is 23.9 Å². The first-order chi connectivity index (χ1) is 11.5. The molecule has 0 aromatic carbocycles. The number of carbonyl (C=O) groups is 2. The van der Waals surface area contributed by atoms with E-state index in [1.54, 1.807) is 0 Å². The van der Waals surface area contributed by atoms with Crippen molar-refractivity contribution in [3.63, 3.8) is 0 Å². The summed E-state index contributed by atoms with van der Waals surface area (Å²) in [4.78, 5) is 27.7. The summed E-state index contributed by atoms with van der Waals surface area (Å²) in [6.45, 7) is 5.02. The lowest BCUT2D eigenvalue weighted by molar-refractivity contribution is -0.155. The highest BCUT2D eigenvalue weighted by Crippen LogP contribution is 2.53. The average molecular weight is 333 g/mol. The van der Waals surface area contributed by atoms with Crippen LogP contribution < -0.4 is 0 Å². The fourth-order valence-corrected chi connectivity index (χ4v) is 4.84. The van der Waals surface area contributed by atoms with Crippen molar-refractivity contribution >= 4 is 11.9 Å². The molecule has 3 aliphatic heterocycles. The summed E-state index contributed by atoms with van der Waals surface area (Å²) in [6.07, 6.45) is 9.46.